The van der Waals surface area contributed by atoms with Gasteiger partial charge in [-0.3, -0.25) is 19.5 Å². The number of benzene rings is 1. The van der Waals surface area contributed by atoms with Crippen molar-refractivity contribution >= 4 is 109 Å². The Bertz CT molecular complexity index is 1690. The van der Waals surface area contributed by atoms with E-state index in [0.29, 0.717) is 24.8 Å². The zero-order valence-corrected chi connectivity index (χ0v) is 47.1. The largest absolute Gasteiger partial charge is 3.00 e. The first-order valence-electron chi connectivity index (χ1n) is 21.0. The molecule has 0 fully saturated rings. The van der Waals surface area contributed by atoms with Crippen molar-refractivity contribution in [3.63, 3.8) is 0 Å². The van der Waals surface area contributed by atoms with Gasteiger partial charge < -0.3 is 117 Å². The van der Waals surface area contributed by atoms with Gasteiger partial charge in [-0.2, -0.15) is 0 Å². The van der Waals surface area contributed by atoms with Gasteiger partial charge in [0.2, 0.25) is 5.91 Å². The number of carboxylic acids is 5. The molecule has 0 heterocycles. The Morgan fingerprint density at radius 2 is 0.929 bits per heavy atom. The molecule has 0 aliphatic heterocycles. The molecule has 0 spiro atoms. The summed E-state index contributed by atoms with van der Waals surface area (Å²) >= 11 is 6.10. The summed E-state index contributed by atoms with van der Waals surface area (Å²) in [5, 5.41) is 152. The predicted octanol–water partition coefficient (Wildman–Crippen LogP) is -14.1. The minimum Gasteiger partial charge on any atom is -0.550 e. The molecule has 0 aliphatic carbocycles. The smallest absolute Gasteiger partial charge is 0.550 e. The first-order valence-corrected chi connectivity index (χ1v) is 24.2. The Balaban J connectivity index is -0.00000135. The van der Waals surface area contributed by atoms with Crippen molar-refractivity contribution in [1.82, 2.24) is 14.7 Å². The van der Waals surface area contributed by atoms with Crippen molar-refractivity contribution in [1.29, 1.82) is 0 Å². The molecule has 1 aromatic carbocycles. The van der Waals surface area contributed by atoms with Crippen molar-refractivity contribution < 1.29 is 156 Å². The molecule has 27 nitrogen and oxygen atoms in total. The third-order valence-corrected chi connectivity index (χ3v) is 12.7. The SMILES string of the molecule is CCC(Cc1c(I)cc(I)c(NC(=O)CN(CCN(CCN(CC(=O)[O-])CC(=O)[O-])CC(=O)[O-])CC(=O)[O-])c1I)C(=O)[O-].C[NH2+]C[C@H](O)[C@@H](O)[C@H](O)[C@H](O)CO.C[NH2+]C[C@H](O)[C@@H](O)[C@H](O)[C@H](O)CO.[Gd+3]. The van der Waals surface area contributed by atoms with Gasteiger partial charge in [-0.1, -0.05) is 6.92 Å². The second-order valence-electron chi connectivity index (χ2n) is 15.3. The zero-order valence-electron chi connectivity index (χ0n) is 38.3. The van der Waals surface area contributed by atoms with Crippen LogP contribution in [0.4, 0.5) is 5.69 Å². The summed E-state index contributed by atoms with van der Waals surface area (Å²) in [5.41, 5.74) is 1.13. The average Bonchev–Trinajstić information content (AvgIpc) is 3.26. The van der Waals surface area contributed by atoms with Crippen molar-refractivity contribution in [3.05, 3.63) is 22.3 Å². The number of halogens is 3. The molecule has 1 radical (unpaired) electrons. The monoisotopic (exact) mass is 1490 g/mol. The van der Waals surface area contributed by atoms with Crippen LogP contribution >= 0.6 is 67.8 Å². The van der Waals surface area contributed by atoms with Gasteiger partial charge in [0.1, 0.15) is 61.9 Å². The number of nitrogens with two attached hydrogens (primary N) is 2. The summed E-state index contributed by atoms with van der Waals surface area (Å²) in [6.07, 6.45) is -10.5. The molecular formula is C39H64GdI3N6O21. The molecule has 0 saturated heterocycles. The number of amides is 1. The number of quaternary nitrogens is 2. The summed E-state index contributed by atoms with van der Waals surface area (Å²) in [6.45, 7) is -2.94. The van der Waals surface area contributed by atoms with Crippen molar-refractivity contribution in [3.8, 4) is 0 Å². The van der Waals surface area contributed by atoms with Crippen LogP contribution in [0.2, 0.25) is 0 Å². The topological polar surface area (TPSA) is 475 Å². The Kier molecular flexibility index (Phi) is 42.1. The van der Waals surface area contributed by atoms with E-state index in [4.69, 9.17) is 30.6 Å². The Hall–Kier alpha value is -1.05. The van der Waals surface area contributed by atoms with E-state index in [-0.39, 0.29) is 85.6 Å². The number of carboxylic acid groups (broad SMARTS) is 5. The molecule has 1 unspecified atom stereocenters. The zero-order chi connectivity index (χ0) is 53.7. The minimum absolute atomic E-state index is 0. The molecule has 0 saturated carbocycles. The van der Waals surface area contributed by atoms with Gasteiger partial charge in [-0.25, -0.2) is 0 Å². The normalized spacial score (nSPS) is 15.1. The molecule has 0 bridgehead atoms. The number of likely N-dealkylation sites (N-methyl/N-ethyl adjacent to an activating group) is 2. The van der Waals surface area contributed by atoms with Gasteiger partial charge in [0.25, 0.3) is 0 Å². The van der Waals surface area contributed by atoms with Gasteiger partial charge in [-0.15, -0.1) is 0 Å². The number of aliphatic hydroxyl groups excluding tert-OH is 10. The van der Waals surface area contributed by atoms with Crippen LogP contribution in [0.3, 0.4) is 0 Å². The molecule has 70 heavy (non-hydrogen) atoms. The van der Waals surface area contributed by atoms with E-state index >= 15 is 0 Å². The number of hydrogen-bond donors (Lipinski definition) is 13. The summed E-state index contributed by atoms with van der Waals surface area (Å²) in [7, 11) is 3.40. The van der Waals surface area contributed by atoms with Gasteiger partial charge in [0.05, 0.1) is 63.4 Å². The number of carbonyl (C=O) groups is 6. The number of aliphatic hydroxyl groups is 10. The standard InChI is InChI=1S/C25H33I3N4O11.2C7H17NO5.Gd/c1-2-14(25(42)43)7-15-16(26)8-17(27)24(23(15)28)29-18(33)9-31(11-20(36)37)5-3-30(10-19(34)35)4-6-32(12-21(38)39)13-22(40)41;2*1-8-2-4(10)6(12)7(13)5(11)3-9;/h8,14H,2-7,9-13H2,1H3,(H,29,33)(H,34,35)(H,36,37)(H,38,39)(H,40,41)(H,42,43);2*4-13H,2-3H2,1H3;/q;;;+3/p-3/t;2*4-,5+,6+,7+;/m.00./s1. The molecule has 15 N–H and O–H groups in total. The Morgan fingerprint density at radius 1 is 0.586 bits per heavy atom. The second-order valence-corrected chi connectivity index (χ2v) is 18.7. The Labute approximate surface area is 476 Å². The van der Waals surface area contributed by atoms with E-state index in [1.807, 2.05) is 45.2 Å². The van der Waals surface area contributed by atoms with Crippen LogP contribution in [0.5, 0.6) is 0 Å². The van der Waals surface area contributed by atoms with E-state index in [9.17, 15) is 74.7 Å². The molecule has 0 aromatic heterocycles. The molecule has 9 atom stereocenters. The third kappa shape index (κ3) is 31.0. The van der Waals surface area contributed by atoms with Gasteiger partial charge in [0, 0.05) is 75.0 Å². The first kappa shape index (κ1) is 73.2. The first-order chi connectivity index (χ1) is 32.1. The molecule has 405 valence electrons. The number of carbonyl (C=O) groups excluding carboxylic acids is 6. The van der Waals surface area contributed by atoms with E-state index in [1.165, 1.54) is 9.80 Å². The van der Waals surface area contributed by atoms with Crippen LogP contribution in [0.1, 0.15) is 18.9 Å². The number of anilines is 1. The van der Waals surface area contributed by atoms with Gasteiger partial charge in [0.15, 0.2) is 0 Å². The summed E-state index contributed by atoms with van der Waals surface area (Å²) in [5.74, 6) is -8.60. The molecule has 1 aromatic rings. The van der Waals surface area contributed by atoms with Crippen molar-refractivity contribution in [2.45, 2.75) is 68.6 Å². The quantitative estimate of drug-likeness (QED) is 0.0291. The van der Waals surface area contributed by atoms with Crippen molar-refractivity contribution in [2.24, 2.45) is 5.92 Å². The van der Waals surface area contributed by atoms with Crippen LogP contribution in [-0.4, -0.2) is 250 Å². The summed E-state index contributed by atoms with van der Waals surface area (Å²) < 4.78 is 2.08. The van der Waals surface area contributed by atoms with Crippen molar-refractivity contribution in [2.75, 3.05) is 105 Å². The van der Waals surface area contributed by atoms with Gasteiger partial charge in [-0.05, 0) is 92.2 Å². The molecular weight excluding hydrogens is 1430 g/mol. The maximum absolute atomic E-state index is 13.0. The van der Waals surface area contributed by atoms with Crippen LogP contribution in [0.15, 0.2) is 6.07 Å². The summed E-state index contributed by atoms with van der Waals surface area (Å²) in [6, 6.07) is 1.77. The maximum Gasteiger partial charge on any atom is 3.00 e. The van der Waals surface area contributed by atoms with Crippen LogP contribution < -0.4 is 41.5 Å². The van der Waals surface area contributed by atoms with E-state index in [2.05, 4.69) is 27.9 Å². The molecule has 0 aliphatic rings. The van der Waals surface area contributed by atoms with Crippen LogP contribution in [-0.2, 0) is 35.2 Å². The number of nitrogens with zero attached hydrogens (tertiary/aromatic N) is 3. The van der Waals surface area contributed by atoms with E-state index in [1.54, 1.807) is 37.7 Å². The van der Waals surface area contributed by atoms with E-state index < -0.39 is 136 Å². The number of aliphatic carboxylic acids is 5. The number of rotatable bonds is 33. The maximum atomic E-state index is 13.0. The average molecular weight is 1490 g/mol. The fraction of sp³-hybridized carbons (Fsp3) is 0.692. The predicted molar refractivity (Wildman–Crippen MR) is 253 cm³/mol. The second kappa shape index (κ2) is 40.3. The van der Waals surface area contributed by atoms with Crippen LogP contribution in [0.25, 0.3) is 0 Å². The summed E-state index contributed by atoms with van der Waals surface area (Å²) in [4.78, 5) is 72.4. The minimum atomic E-state index is -1.55. The van der Waals surface area contributed by atoms with Crippen LogP contribution in [0, 0.1) is 56.6 Å². The van der Waals surface area contributed by atoms with Gasteiger partial charge >= 0.3 is 39.9 Å². The Morgan fingerprint density at radius 3 is 1.26 bits per heavy atom. The molecule has 1 amide bonds. The number of nitrogens with one attached hydrogen (secondary N) is 1. The third-order valence-electron chi connectivity index (χ3n) is 9.65. The molecule has 1 rings (SSSR count). The van der Waals surface area contributed by atoms with E-state index in [0.717, 1.165) is 8.47 Å². The number of hydrogen-bond acceptors (Lipinski definition) is 24. The fourth-order valence-corrected chi connectivity index (χ4v) is 9.92. The molecule has 31 heteroatoms. The fourth-order valence-electron chi connectivity index (χ4n) is 5.84.